The van der Waals surface area contributed by atoms with Gasteiger partial charge >= 0.3 is 7.82 Å². The predicted octanol–water partition coefficient (Wildman–Crippen LogP) is 3.27. The standard InChI is InChI=1S/C23H31N4O6P/c1-13-21-19(11-23(2,3)12-20(21)28)27(26-13)15-6-9-17(22(24)29)18(10-15)25-14-4-7-16(8-5-14)33-34(30,31)32/h6,9-10,14,16,25H,4-5,7-8,11-12H2,1-3H3,(H2,24,29)(H2,30,31,32)/t14-,16-. The zero-order valence-electron chi connectivity index (χ0n) is 19.6. The van der Waals surface area contributed by atoms with Crippen molar-refractivity contribution in [3.05, 3.63) is 40.7 Å². The minimum atomic E-state index is -4.52. The second-order valence-corrected chi connectivity index (χ2v) is 11.3. The first-order chi connectivity index (χ1) is 15.8. The van der Waals surface area contributed by atoms with E-state index in [1.165, 1.54) is 0 Å². The first-order valence-electron chi connectivity index (χ1n) is 11.4. The Labute approximate surface area is 198 Å². The van der Waals surface area contributed by atoms with E-state index in [0.717, 1.165) is 11.4 Å². The molecule has 1 saturated carbocycles. The van der Waals surface area contributed by atoms with Crippen LogP contribution >= 0.6 is 7.82 Å². The number of nitrogens with zero attached hydrogens (tertiary/aromatic N) is 2. The largest absolute Gasteiger partial charge is 0.469 e. The summed E-state index contributed by atoms with van der Waals surface area (Å²) in [6, 6.07) is 5.23. The van der Waals surface area contributed by atoms with Crippen molar-refractivity contribution in [3.8, 4) is 5.69 Å². The maximum atomic E-state index is 12.8. The molecule has 1 amide bonds. The normalized spacial score (nSPS) is 22.3. The number of nitrogens with one attached hydrogen (secondary N) is 1. The van der Waals surface area contributed by atoms with Crippen LogP contribution < -0.4 is 11.1 Å². The highest BCUT2D eigenvalue weighted by molar-refractivity contribution is 7.46. The summed E-state index contributed by atoms with van der Waals surface area (Å²) in [5.74, 6) is -0.473. The lowest BCUT2D eigenvalue weighted by Crippen LogP contribution is -2.30. The fourth-order valence-electron chi connectivity index (χ4n) is 5.08. The maximum Gasteiger partial charge on any atom is 0.469 e. The summed E-state index contributed by atoms with van der Waals surface area (Å²) in [6.45, 7) is 5.97. The van der Waals surface area contributed by atoms with Gasteiger partial charge in [-0.05, 0) is 62.6 Å². The second kappa shape index (κ2) is 8.92. The maximum absolute atomic E-state index is 12.8. The van der Waals surface area contributed by atoms with Crippen molar-refractivity contribution in [3.63, 3.8) is 0 Å². The lowest BCUT2D eigenvalue weighted by atomic mass is 9.75. The van der Waals surface area contributed by atoms with E-state index in [4.69, 9.17) is 20.0 Å². The number of phosphoric ester groups is 1. The van der Waals surface area contributed by atoms with Gasteiger partial charge in [0.25, 0.3) is 5.91 Å². The third-order valence-corrected chi connectivity index (χ3v) is 7.13. The molecule has 1 heterocycles. The van der Waals surface area contributed by atoms with Gasteiger partial charge in [0.15, 0.2) is 5.78 Å². The molecule has 4 rings (SSSR count). The molecule has 2 aliphatic carbocycles. The van der Waals surface area contributed by atoms with Crippen LogP contribution in [0.25, 0.3) is 5.69 Å². The summed E-state index contributed by atoms with van der Waals surface area (Å²) in [5, 5.41) is 8.02. The molecule has 5 N–H and O–H groups in total. The molecule has 1 aromatic heterocycles. The number of hydrogen-bond acceptors (Lipinski definition) is 6. The van der Waals surface area contributed by atoms with Gasteiger partial charge in [-0.2, -0.15) is 5.10 Å². The Hall–Kier alpha value is -2.52. The average molecular weight is 490 g/mol. The number of rotatable bonds is 6. The van der Waals surface area contributed by atoms with E-state index in [1.807, 2.05) is 13.0 Å². The van der Waals surface area contributed by atoms with Gasteiger partial charge in [-0.1, -0.05) is 13.8 Å². The quantitative estimate of drug-likeness (QED) is 0.450. The molecule has 184 valence electrons. The van der Waals surface area contributed by atoms with Crippen LogP contribution in [-0.2, 0) is 15.5 Å². The molecule has 0 saturated heterocycles. The van der Waals surface area contributed by atoms with Gasteiger partial charge in [0.05, 0.1) is 34.3 Å². The van der Waals surface area contributed by atoms with Gasteiger partial charge in [0.1, 0.15) is 0 Å². The number of ketones is 1. The molecule has 0 atom stereocenters. The van der Waals surface area contributed by atoms with E-state index in [-0.39, 0.29) is 17.2 Å². The van der Waals surface area contributed by atoms with Crippen LogP contribution in [0.3, 0.4) is 0 Å². The molecule has 1 fully saturated rings. The summed E-state index contributed by atoms with van der Waals surface area (Å²) < 4.78 is 17.7. The number of carbonyl (C=O) groups is 2. The SMILES string of the molecule is Cc1nn(-c2ccc(C(N)=O)c(N[C@H]3CC[C@H](OP(=O)(O)O)CC3)c2)c2c1C(=O)CC(C)(C)C2. The summed E-state index contributed by atoms with van der Waals surface area (Å²) in [4.78, 5) is 42.9. The Balaban J connectivity index is 1.61. The molecular formula is C23H31N4O6P. The third kappa shape index (κ3) is 5.25. The summed E-state index contributed by atoms with van der Waals surface area (Å²) >= 11 is 0. The van der Waals surface area contributed by atoms with Crippen molar-refractivity contribution in [2.75, 3.05) is 5.32 Å². The number of primary amides is 1. The fourth-order valence-corrected chi connectivity index (χ4v) is 5.68. The number of anilines is 1. The Bertz CT molecular complexity index is 1180. The zero-order chi connectivity index (χ0) is 24.8. The smallest absolute Gasteiger partial charge is 0.382 e. The van der Waals surface area contributed by atoms with Crippen molar-refractivity contribution >= 4 is 25.2 Å². The molecule has 2 aliphatic rings. The monoisotopic (exact) mass is 490 g/mol. The second-order valence-electron chi connectivity index (χ2n) is 10.1. The highest BCUT2D eigenvalue weighted by atomic mass is 31.2. The zero-order valence-corrected chi connectivity index (χ0v) is 20.5. The van der Waals surface area contributed by atoms with Gasteiger partial charge in [-0.25, -0.2) is 9.25 Å². The van der Waals surface area contributed by atoms with Crippen LogP contribution in [0, 0.1) is 12.3 Å². The van der Waals surface area contributed by atoms with Crippen LogP contribution in [0.5, 0.6) is 0 Å². The van der Waals surface area contributed by atoms with Crippen LogP contribution in [0.15, 0.2) is 18.2 Å². The number of aromatic nitrogens is 2. The van der Waals surface area contributed by atoms with Gasteiger partial charge in [0.2, 0.25) is 0 Å². The molecule has 10 nitrogen and oxygen atoms in total. The van der Waals surface area contributed by atoms with Crippen LogP contribution in [0.1, 0.15) is 78.1 Å². The van der Waals surface area contributed by atoms with Crippen molar-refractivity contribution < 1.29 is 28.5 Å². The Morgan fingerprint density at radius 1 is 1.24 bits per heavy atom. The van der Waals surface area contributed by atoms with Crippen LogP contribution in [0.4, 0.5) is 5.69 Å². The van der Waals surface area contributed by atoms with E-state index in [9.17, 15) is 14.2 Å². The van der Waals surface area contributed by atoms with Crippen molar-refractivity contribution in [2.24, 2.45) is 11.1 Å². The molecule has 34 heavy (non-hydrogen) atoms. The number of nitrogens with two attached hydrogens (primary N) is 1. The molecular weight excluding hydrogens is 459 g/mol. The first-order valence-corrected chi connectivity index (χ1v) is 12.9. The number of aryl methyl sites for hydroxylation is 1. The third-order valence-electron chi connectivity index (χ3n) is 6.55. The molecule has 2 aromatic rings. The number of phosphoric acid groups is 1. The molecule has 0 spiro atoms. The van der Waals surface area contributed by atoms with E-state index in [0.29, 0.717) is 61.0 Å². The molecule has 0 radical (unpaired) electrons. The molecule has 0 unspecified atom stereocenters. The lowest BCUT2D eigenvalue weighted by Gasteiger charge is -2.30. The predicted molar refractivity (Wildman–Crippen MR) is 126 cm³/mol. The minimum absolute atomic E-state index is 0.0150. The summed E-state index contributed by atoms with van der Waals surface area (Å²) in [7, 11) is -4.52. The Morgan fingerprint density at radius 3 is 2.53 bits per heavy atom. The number of amides is 1. The van der Waals surface area contributed by atoms with E-state index >= 15 is 0 Å². The summed E-state index contributed by atoms with van der Waals surface area (Å²) in [5.41, 5.74) is 9.30. The van der Waals surface area contributed by atoms with Gasteiger partial charge in [-0.3, -0.25) is 14.1 Å². The minimum Gasteiger partial charge on any atom is -0.382 e. The van der Waals surface area contributed by atoms with E-state index in [2.05, 4.69) is 24.3 Å². The number of benzene rings is 1. The Morgan fingerprint density at radius 2 is 1.91 bits per heavy atom. The van der Waals surface area contributed by atoms with E-state index < -0.39 is 19.8 Å². The van der Waals surface area contributed by atoms with Gasteiger partial charge < -0.3 is 20.8 Å². The van der Waals surface area contributed by atoms with Crippen molar-refractivity contribution in [1.82, 2.24) is 9.78 Å². The number of hydrogen-bond donors (Lipinski definition) is 4. The number of fused-ring (bicyclic) bond motifs is 1. The lowest BCUT2D eigenvalue weighted by molar-refractivity contribution is 0.0908. The molecule has 0 aliphatic heterocycles. The fraction of sp³-hybridized carbons (Fsp3) is 0.522. The van der Waals surface area contributed by atoms with Crippen LogP contribution in [-0.4, -0.2) is 43.4 Å². The van der Waals surface area contributed by atoms with E-state index in [1.54, 1.807) is 16.8 Å². The highest BCUT2D eigenvalue weighted by Gasteiger charge is 2.36. The number of carbonyl (C=O) groups excluding carboxylic acids is 2. The Kier molecular flexibility index (Phi) is 6.46. The highest BCUT2D eigenvalue weighted by Crippen LogP contribution is 2.41. The average Bonchev–Trinajstić information content (AvgIpc) is 3.03. The van der Waals surface area contributed by atoms with Gasteiger partial charge in [0, 0.05) is 18.2 Å². The number of Topliss-reactive ketones (excluding diaryl/α,β-unsaturated/α-hetero) is 1. The topological polar surface area (TPSA) is 157 Å². The first kappa shape index (κ1) is 24.6. The molecule has 11 heteroatoms. The molecule has 1 aromatic carbocycles. The van der Waals surface area contributed by atoms with Crippen molar-refractivity contribution in [1.29, 1.82) is 0 Å². The van der Waals surface area contributed by atoms with Gasteiger partial charge in [-0.15, -0.1) is 0 Å². The summed E-state index contributed by atoms with van der Waals surface area (Å²) in [6.07, 6.45) is 2.89. The van der Waals surface area contributed by atoms with Crippen molar-refractivity contribution in [2.45, 2.75) is 71.4 Å². The van der Waals surface area contributed by atoms with Crippen LogP contribution in [0.2, 0.25) is 0 Å². The molecule has 0 bridgehead atoms.